The minimum atomic E-state index is -0.146. The Hall–Kier alpha value is -1.57. The zero-order chi connectivity index (χ0) is 11.6. The lowest BCUT2D eigenvalue weighted by molar-refractivity contribution is -0.140. The van der Waals surface area contributed by atoms with E-state index in [9.17, 15) is 4.79 Å². The van der Waals surface area contributed by atoms with Gasteiger partial charge in [0.2, 0.25) is 0 Å². The Kier molecular flexibility index (Phi) is 6.00. The van der Waals surface area contributed by atoms with Crippen molar-refractivity contribution < 1.29 is 9.53 Å². The van der Waals surface area contributed by atoms with Gasteiger partial charge in [0, 0.05) is 6.42 Å². The first kappa shape index (κ1) is 12.5. The van der Waals surface area contributed by atoms with Gasteiger partial charge < -0.3 is 4.74 Å². The molecule has 0 bridgehead atoms. The number of allylic oxidation sites excluding steroid dienone is 2. The van der Waals surface area contributed by atoms with Crippen molar-refractivity contribution in [3.8, 4) is 0 Å². The molecule has 0 fully saturated rings. The molecule has 0 aromatic heterocycles. The van der Waals surface area contributed by atoms with Crippen molar-refractivity contribution >= 4 is 5.97 Å². The molecule has 0 atom stereocenters. The van der Waals surface area contributed by atoms with Crippen molar-refractivity contribution in [2.75, 3.05) is 7.11 Å². The number of benzene rings is 1. The summed E-state index contributed by atoms with van der Waals surface area (Å²) >= 11 is 0. The molecule has 16 heavy (non-hydrogen) atoms. The fraction of sp³-hybridized carbons (Fsp3) is 0.357. The van der Waals surface area contributed by atoms with E-state index < -0.39 is 0 Å². The quantitative estimate of drug-likeness (QED) is 0.541. The van der Waals surface area contributed by atoms with Crippen LogP contribution in [-0.2, 0) is 16.0 Å². The topological polar surface area (TPSA) is 26.3 Å². The molecule has 0 aliphatic rings. The van der Waals surface area contributed by atoms with Crippen LogP contribution in [0.15, 0.2) is 42.5 Å². The molecular formula is C14H18O2. The first-order valence-corrected chi connectivity index (χ1v) is 5.58. The Morgan fingerprint density at radius 1 is 1.19 bits per heavy atom. The summed E-state index contributed by atoms with van der Waals surface area (Å²) in [6.45, 7) is 0. The fourth-order valence-electron chi connectivity index (χ4n) is 1.43. The highest BCUT2D eigenvalue weighted by Gasteiger charge is 1.95. The van der Waals surface area contributed by atoms with E-state index in [2.05, 4.69) is 35.1 Å². The molecule has 0 N–H and O–H groups in total. The van der Waals surface area contributed by atoms with E-state index in [-0.39, 0.29) is 5.97 Å². The second-order valence-corrected chi connectivity index (χ2v) is 3.61. The average Bonchev–Trinajstić information content (AvgIpc) is 2.34. The van der Waals surface area contributed by atoms with Gasteiger partial charge in [-0.15, -0.1) is 0 Å². The van der Waals surface area contributed by atoms with Crippen molar-refractivity contribution in [3.63, 3.8) is 0 Å². The number of aryl methyl sites for hydroxylation is 1. The second-order valence-electron chi connectivity index (χ2n) is 3.61. The molecule has 0 aliphatic heterocycles. The second kappa shape index (κ2) is 7.69. The number of methoxy groups -OCH3 is 1. The molecule has 2 nitrogen and oxygen atoms in total. The number of hydrogen-bond acceptors (Lipinski definition) is 2. The van der Waals surface area contributed by atoms with E-state index in [0.717, 1.165) is 19.3 Å². The molecule has 0 radical (unpaired) electrons. The Balaban J connectivity index is 2.11. The van der Waals surface area contributed by atoms with Gasteiger partial charge in [0.25, 0.3) is 0 Å². The molecule has 1 rings (SSSR count). The first-order chi connectivity index (χ1) is 7.83. The van der Waals surface area contributed by atoms with Gasteiger partial charge in [0.1, 0.15) is 0 Å². The lowest BCUT2D eigenvalue weighted by atomic mass is 10.1. The number of ether oxygens (including phenoxy) is 1. The van der Waals surface area contributed by atoms with Crippen molar-refractivity contribution in [2.24, 2.45) is 0 Å². The fourth-order valence-corrected chi connectivity index (χ4v) is 1.43. The van der Waals surface area contributed by atoms with Crippen LogP contribution in [0.25, 0.3) is 0 Å². The smallest absolute Gasteiger partial charge is 0.305 e. The van der Waals surface area contributed by atoms with Crippen LogP contribution in [0.2, 0.25) is 0 Å². The van der Waals surface area contributed by atoms with E-state index in [0.29, 0.717) is 6.42 Å². The Labute approximate surface area is 96.9 Å². The van der Waals surface area contributed by atoms with Crippen LogP contribution >= 0.6 is 0 Å². The Morgan fingerprint density at radius 3 is 2.56 bits per heavy atom. The molecule has 0 saturated heterocycles. The van der Waals surface area contributed by atoms with E-state index in [4.69, 9.17) is 0 Å². The summed E-state index contributed by atoms with van der Waals surface area (Å²) < 4.78 is 4.55. The predicted octanol–water partition coefficient (Wildman–Crippen LogP) is 3.13. The minimum absolute atomic E-state index is 0.146. The van der Waals surface area contributed by atoms with Crippen LogP contribution in [-0.4, -0.2) is 13.1 Å². The van der Waals surface area contributed by atoms with Gasteiger partial charge in [0.05, 0.1) is 7.11 Å². The summed E-state index contributed by atoms with van der Waals surface area (Å²) in [5.74, 6) is -0.146. The normalized spacial score (nSPS) is 10.6. The molecule has 1 aromatic rings. The third-order valence-electron chi connectivity index (χ3n) is 2.35. The third-order valence-corrected chi connectivity index (χ3v) is 2.35. The van der Waals surface area contributed by atoms with Crippen LogP contribution in [0.3, 0.4) is 0 Å². The van der Waals surface area contributed by atoms with Gasteiger partial charge in [-0.25, -0.2) is 0 Å². The molecular weight excluding hydrogens is 200 g/mol. The van der Waals surface area contributed by atoms with Gasteiger partial charge in [-0.3, -0.25) is 4.79 Å². The summed E-state index contributed by atoms with van der Waals surface area (Å²) in [6, 6.07) is 10.4. The van der Waals surface area contributed by atoms with Crippen LogP contribution in [0, 0.1) is 0 Å². The summed E-state index contributed by atoms with van der Waals surface area (Å²) in [5, 5.41) is 0. The lowest BCUT2D eigenvalue weighted by Crippen LogP contribution is -1.97. The summed E-state index contributed by atoms with van der Waals surface area (Å²) in [5.41, 5.74) is 1.35. The monoisotopic (exact) mass is 218 g/mol. The highest BCUT2D eigenvalue weighted by atomic mass is 16.5. The molecule has 86 valence electrons. The predicted molar refractivity (Wildman–Crippen MR) is 65.2 cm³/mol. The van der Waals surface area contributed by atoms with Crippen molar-refractivity contribution in [3.05, 3.63) is 48.0 Å². The Bertz CT molecular complexity index is 328. The largest absolute Gasteiger partial charge is 0.469 e. The highest BCUT2D eigenvalue weighted by molar-refractivity contribution is 5.69. The molecule has 0 aliphatic carbocycles. The number of carbonyl (C=O) groups excluding carboxylic acids is 1. The van der Waals surface area contributed by atoms with Gasteiger partial charge in [-0.2, -0.15) is 0 Å². The summed E-state index contributed by atoms with van der Waals surface area (Å²) in [4.78, 5) is 10.8. The third kappa shape index (κ3) is 5.35. The molecule has 0 amide bonds. The maximum Gasteiger partial charge on any atom is 0.305 e. The number of hydrogen-bond donors (Lipinski definition) is 0. The van der Waals surface area contributed by atoms with Crippen molar-refractivity contribution in [2.45, 2.75) is 25.7 Å². The van der Waals surface area contributed by atoms with Crippen LogP contribution in [0.4, 0.5) is 0 Å². The van der Waals surface area contributed by atoms with Crippen molar-refractivity contribution in [1.29, 1.82) is 0 Å². The maximum atomic E-state index is 10.8. The van der Waals surface area contributed by atoms with E-state index in [1.807, 2.05) is 12.1 Å². The van der Waals surface area contributed by atoms with Crippen LogP contribution < -0.4 is 0 Å². The molecule has 2 heteroatoms. The van der Waals surface area contributed by atoms with E-state index >= 15 is 0 Å². The molecule has 0 heterocycles. The lowest BCUT2D eigenvalue weighted by Gasteiger charge is -1.97. The summed E-state index contributed by atoms with van der Waals surface area (Å²) in [7, 11) is 1.42. The zero-order valence-corrected chi connectivity index (χ0v) is 9.69. The average molecular weight is 218 g/mol. The molecule has 1 aromatic carbocycles. The number of rotatable bonds is 6. The van der Waals surface area contributed by atoms with Gasteiger partial charge in [-0.1, -0.05) is 42.5 Å². The summed E-state index contributed by atoms with van der Waals surface area (Å²) in [6.07, 6.45) is 7.47. The van der Waals surface area contributed by atoms with Gasteiger partial charge >= 0.3 is 5.97 Å². The number of carbonyl (C=O) groups is 1. The van der Waals surface area contributed by atoms with E-state index in [1.165, 1.54) is 12.7 Å². The maximum absolute atomic E-state index is 10.8. The van der Waals surface area contributed by atoms with Gasteiger partial charge in [-0.05, 0) is 24.8 Å². The highest BCUT2D eigenvalue weighted by Crippen LogP contribution is 2.03. The minimum Gasteiger partial charge on any atom is -0.469 e. The van der Waals surface area contributed by atoms with Crippen molar-refractivity contribution in [1.82, 2.24) is 0 Å². The van der Waals surface area contributed by atoms with Crippen LogP contribution in [0.5, 0.6) is 0 Å². The Morgan fingerprint density at radius 2 is 1.88 bits per heavy atom. The van der Waals surface area contributed by atoms with Crippen LogP contribution in [0.1, 0.15) is 24.8 Å². The molecule has 0 saturated carbocycles. The molecule has 0 spiro atoms. The molecule has 0 unspecified atom stereocenters. The standard InChI is InChI=1S/C14H18O2/c1-16-14(15)12-8-3-2-5-9-13-10-6-4-7-11-13/h2-4,6-7,10-11H,5,8-9,12H2,1H3/b3-2-. The van der Waals surface area contributed by atoms with E-state index in [1.54, 1.807) is 0 Å². The van der Waals surface area contributed by atoms with Gasteiger partial charge in [0.15, 0.2) is 0 Å². The number of esters is 1. The zero-order valence-electron chi connectivity index (χ0n) is 9.69. The first-order valence-electron chi connectivity index (χ1n) is 5.58. The SMILES string of the molecule is COC(=O)CC/C=C\CCc1ccccc1.